The van der Waals surface area contributed by atoms with Gasteiger partial charge in [0.05, 0.1) is 20.1 Å². The number of nitrogens with one attached hydrogen (secondary N) is 1. The monoisotopic (exact) mass is 371 g/mol. The molecule has 2 N–H and O–H groups in total. The van der Waals surface area contributed by atoms with Crippen LogP contribution in [0.4, 0.5) is 17.2 Å². The summed E-state index contributed by atoms with van der Waals surface area (Å²) in [6.45, 7) is 0. The number of carboxylic acids is 1. The van der Waals surface area contributed by atoms with Crippen molar-refractivity contribution in [2.75, 3.05) is 5.32 Å². The molecule has 1 aromatic carbocycles. The summed E-state index contributed by atoms with van der Waals surface area (Å²) in [5.74, 6) is -1.46. The number of carboxylic acid groups (broad SMARTS) is 1. The van der Waals surface area contributed by atoms with E-state index in [9.17, 15) is 14.9 Å². The highest BCUT2D eigenvalue weighted by Gasteiger charge is 2.19. The highest BCUT2D eigenvalue weighted by atomic mass is 79.9. The van der Waals surface area contributed by atoms with E-state index in [0.717, 1.165) is 12.1 Å². The van der Waals surface area contributed by atoms with Crippen molar-refractivity contribution in [3.63, 3.8) is 0 Å². The molecule has 0 saturated heterocycles. The Kier molecular flexibility index (Phi) is 4.39. The molecule has 0 unspecified atom stereocenters. The van der Waals surface area contributed by atoms with Crippen molar-refractivity contribution in [2.45, 2.75) is 0 Å². The van der Waals surface area contributed by atoms with Gasteiger partial charge in [0.15, 0.2) is 5.69 Å². The van der Waals surface area contributed by atoms with E-state index in [-0.39, 0.29) is 17.2 Å². The molecule has 0 bridgehead atoms. The van der Waals surface area contributed by atoms with Gasteiger partial charge in [-0.3, -0.25) is 10.1 Å². The van der Waals surface area contributed by atoms with Crippen LogP contribution in [-0.4, -0.2) is 21.0 Å². The second kappa shape index (κ2) is 6.06. The van der Waals surface area contributed by atoms with E-state index in [2.05, 4.69) is 26.2 Å². The molecule has 0 aliphatic carbocycles. The smallest absolute Gasteiger partial charge is 0.354 e. The Morgan fingerprint density at radius 2 is 2.10 bits per heavy atom. The summed E-state index contributed by atoms with van der Waals surface area (Å²) in [5, 5.41) is 23.0. The first kappa shape index (κ1) is 15.2. The van der Waals surface area contributed by atoms with Crippen molar-refractivity contribution in [2.24, 2.45) is 0 Å². The van der Waals surface area contributed by atoms with Gasteiger partial charge >= 0.3 is 11.7 Å². The summed E-state index contributed by atoms with van der Waals surface area (Å²) in [7, 11) is 0. The lowest BCUT2D eigenvalue weighted by molar-refractivity contribution is -0.384. The molecule has 0 saturated carbocycles. The minimum Gasteiger partial charge on any atom is -0.477 e. The number of carbonyl (C=O) groups is 1. The minimum absolute atomic E-state index is 0.178. The number of benzene rings is 1. The Balaban J connectivity index is 2.51. The Morgan fingerprint density at radius 3 is 2.71 bits per heavy atom. The predicted octanol–water partition coefficient (Wildman–Crippen LogP) is 3.85. The Morgan fingerprint density at radius 1 is 1.38 bits per heavy atom. The van der Waals surface area contributed by atoms with E-state index in [4.69, 9.17) is 16.7 Å². The number of hydrogen-bond donors (Lipinski definition) is 2. The Labute approximate surface area is 131 Å². The zero-order chi connectivity index (χ0) is 15.6. The van der Waals surface area contributed by atoms with Gasteiger partial charge in [0, 0.05) is 6.07 Å². The van der Waals surface area contributed by atoms with Gasteiger partial charge in [-0.25, -0.2) is 9.78 Å². The maximum Gasteiger partial charge on any atom is 0.354 e. The van der Waals surface area contributed by atoms with Crippen LogP contribution >= 0.6 is 27.5 Å². The minimum atomic E-state index is -1.28. The van der Waals surface area contributed by atoms with Gasteiger partial charge in [0.2, 0.25) is 5.82 Å². The van der Waals surface area contributed by atoms with Crippen LogP contribution in [-0.2, 0) is 0 Å². The van der Waals surface area contributed by atoms with E-state index >= 15 is 0 Å². The molecule has 108 valence electrons. The zero-order valence-electron chi connectivity index (χ0n) is 10.2. The van der Waals surface area contributed by atoms with E-state index in [0.29, 0.717) is 15.2 Å². The lowest BCUT2D eigenvalue weighted by Gasteiger charge is -2.09. The molecule has 0 amide bonds. The number of rotatable bonds is 4. The van der Waals surface area contributed by atoms with Crippen molar-refractivity contribution < 1.29 is 14.8 Å². The number of aromatic carboxylic acids is 1. The molecule has 0 spiro atoms. The van der Waals surface area contributed by atoms with Gasteiger partial charge in [-0.15, -0.1) is 0 Å². The lowest BCUT2D eigenvalue weighted by Crippen LogP contribution is -2.06. The highest BCUT2D eigenvalue weighted by molar-refractivity contribution is 9.10. The summed E-state index contributed by atoms with van der Waals surface area (Å²) in [6, 6.07) is 7.04. The maximum absolute atomic E-state index is 11.0. The van der Waals surface area contributed by atoms with Crippen molar-refractivity contribution in [1.29, 1.82) is 0 Å². The van der Waals surface area contributed by atoms with Crippen LogP contribution in [0, 0.1) is 10.1 Å². The summed E-state index contributed by atoms with van der Waals surface area (Å²) in [5.41, 5.74) is -0.214. The van der Waals surface area contributed by atoms with Crippen LogP contribution in [0.1, 0.15) is 10.5 Å². The molecule has 2 aromatic rings. The quantitative estimate of drug-likeness (QED) is 0.624. The molecule has 7 nitrogen and oxygen atoms in total. The number of nitrogens with zero attached hydrogens (tertiary/aromatic N) is 2. The third-order valence-corrected chi connectivity index (χ3v) is 3.89. The molecule has 21 heavy (non-hydrogen) atoms. The second-order valence-electron chi connectivity index (χ2n) is 3.85. The van der Waals surface area contributed by atoms with Crippen LogP contribution in [0.5, 0.6) is 0 Å². The Hall–Kier alpha value is -2.19. The molecular weight excluding hydrogens is 366 g/mol. The predicted molar refractivity (Wildman–Crippen MR) is 80.3 cm³/mol. The van der Waals surface area contributed by atoms with Gasteiger partial charge in [0.1, 0.15) is 0 Å². The number of nitro groups is 1. The van der Waals surface area contributed by atoms with Gasteiger partial charge < -0.3 is 10.4 Å². The fourth-order valence-electron chi connectivity index (χ4n) is 1.54. The van der Waals surface area contributed by atoms with Gasteiger partial charge in [0.25, 0.3) is 0 Å². The van der Waals surface area contributed by atoms with Crippen LogP contribution in [0.25, 0.3) is 0 Å². The highest BCUT2D eigenvalue weighted by Crippen LogP contribution is 2.34. The van der Waals surface area contributed by atoms with Crippen LogP contribution in [0.2, 0.25) is 5.02 Å². The molecule has 0 atom stereocenters. The molecule has 1 heterocycles. The maximum atomic E-state index is 11.0. The summed E-state index contributed by atoms with van der Waals surface area (Å²) in [6.07, 6.45) is 0. The van der Waals surface area contributed by atoms with E-state index in [1.54, 1.807) is 18.2 Å². The SMILES string of the molecule is O=C(O)c1ccc([N+](=O)[O-])c(Nc2cccc(Cl)c2Br)n1. The van der Waals surface area contributed by atoms with Crippen molar-refractivity contribution >= 4 is 50.7 Å². The molecule has 0 aliphatic rings. The van der Waals surface area contributed by atoms with Crippen LogP contribution < -0.4 is 5.32 Å². The van der Waals surface area contributed by atoms with E-state index < -0.39 is 10.9 Å². The Bertz CT molecular complexity index is 738. The van der Waals surface area contributed by atoms with Crippen molar-refractivity contribution in [1.82, 2.24) is 4.98 Å². The van der Waals surface area contributed by atoms with Gasteiger partial charge in [-0.1, -0.05) is 17.7 Å². The number of pyridine rings is 1. The summed E-state index contributed by atoms with van der Waals surface area (Å²) < 4.78 is 0.489. The molecule has 9 heteroatoms. The van der Waals surface area contributed by atoms with Crippen LogP contribution in [0.3, 0.4) is 0 Å². The third-order valence-electron chi connectivity index (χ3n) is 2.49. The first-order chi connectivity index (χ1) is 9.90. The molecule has 0 aliphatic heterocycles. The third kappa shape index (κ3) is 3.29. The zero-order valence-corrected chi connectivity index (χ0v) is 12.6. The summed E-state index contributed by atoms with van der Waals surface area (Å²) in [4.78, 5) is 25.0. The number of hydrogen-bond acceptors (Lipinski definition) is 5. The average Bonchev–Trinajstić information content (AvgIpc) is 2.43. The van der Waals surface area contributed by atoms with Crippen molar-refractivity contribution in [3.05, 3.63) is 55.6 Å². The normalized spacial score (nSPS) is 10.2. The number of anilines is 2. The fourth-order valence-corrected chi connectivity index (χ4v) is 2.08. The average molecular weight is 373 g/mol. The second-order valence-corrected chi connectivity index (χ2v) is 5.05. The van der Waals surface area contributed by atoms with E-state index in [1.807, 2.05) is 0 Å². The van der Waals surface area contributed by atoms with Gasteiger partial charge in [-0.2, -0.15) is 0 Å². The standard InChI is InChI=1S/C12H7BrClN3O4/c13-10-6(14)2-1-3-7(10)15-11-9(17(20)21)5-4-8(16-11)12(18)19/h1-5H,(H,15,16)(H,18,19). The van der Waals surface area contributed by atoms with Crippen molar-refractivity contribution in [3.8, 4) is 0 Å². The largest absolute Gasteiger partial charge is 0.477 e. The fraction of sp³-hybridized carbons (Fsp3) is 0. The first-order valence-corrected chi connectivity index (χ1v) is 6.67. The van der Waals surface area contributed by atoms with Gasteiger partial charge in [-0.05, 0) is 34.1 Å². The van der Waals surface area contributed by atoms with Crippen LogP contribution in [0.15, 0.2) is 34.8 Å². The molecule has 2 rings (SSSR count). The summed E-state index contributed by atoms with van der Waals surface area (Å²) >= 11 is 9.17. The lowest BCUT2D eigenvalue weighted by atomic mass is 10.3. The number of aromatic nitrogens is 1. The molecular formula is C12H7BrClN3O4. The first-order valence-electron chi connectivity index (χ1n) is 5.50. The molecule has 0 radical (unpaired) electrons. The number of halogens is 2. The molecule has 0 fully saturated rings. The topological polar surface area (TPSA) is 105 Å². The van der Waals surface area contributed by atoms with E-state index in [1.165, 1.54) is 0 Å². The molecule has 1 aromatic heterocycles.